The summed E-state index contributed by atoms with van der Waals surface area (Å²) in [5.74, 6) is 0. The van der Waals surface area contributed by atoms with Gasteiger partial charge in [0.1, 0.15) is 0 Å². The number of para-hydroxylation sites is 4. The summed E-state index contributed by atoms with van der Waals surface area (Å²) in [6.45, 7) is 0. The lowest BCUT2D eigenvalue weighted by Gasteiger charge is -2.19. The first kappa shape index (κ1) is 19.2. The minimum Gasteiger partial charge on any atom is -0.234 e. The average molecular weight is 390 g/mol. The Balaban J connectivity index is 1.61. The van der Waals surface area contributed by atoms with Crippen molar-refractivity contribution in [2.45, 2.75) is 0 Å². The second-order valence-corrected chi connectivity index (χ2v) is 6.49. The first-order valence-corrected chi connectivity index (χ1v) is 9.79. The molecule has 0 atom stereocenters. The molecular weight excluding hydrogens is 368 g/mol. The summed E-state index contributed by atoms with van der Waals surface area (Å²) in [5.41, 5.74) is 3.93. The van der Waals surface area contributed by atoms with E-state index in [1.54, 1.807) is 12.4 Å². The minimum absolute atomic E-state index is 0.983. The average Bonchev–Trinajstić information content (AvgIpc) is 2.84. The summed E-state index contributed by atoms with van der Waals surface area (Å²) in [6, 6.07) is 40.2. The predicted molar refractivity (Wildman–Crippen MR) is 127 cm³/mol. The van der Waals surface area contributed by atoms with Crippen molar-refractivity contribution in [1.82, 2.24) is 0 Å². The lowest BCUT2D eigenvalue weighted by atomic mass is 10.2. The molecule has 0 saturated carbocycles. The maximum Gasteiger partial charge on any atom is 0.0680 e. The van der Waals surface area contributed by atoms with Gasteiger partial charge in [-0.15, -0.1) is 0 Å². The quantitative estimate of drug-likeness (QED) is 0.262. The molecule has 4 heteroatoms. The maximum atomic E-state index is 4.66. The SMILES string of the molecule is C(C=NN(c1ccccc1)c1ccccc1)=NN(c1ccccc1)c1ccccc1. The molecule has 0 saturated heterocycles. The number of hydrogen-bond donors (Lipinski definition) is 0. The summed E-state index contributed by atoms with van der Waals surface area (Å²) in [6.07, 6.45) is 3.41. The Morgan fingerprint density at radius 2 is 0.600 bits per heavy atom. The third-order valence-corrected chi connectivity index (χ3v) is 4.43. The molecule has 0 radical (unpaired) electrons. The Morgan fingerprint density at radius 3 is 0.833 bits per heavy atom. The van der Waals surface area contributed by atoms with Crippen LogP contribution in [0.25, 0.3) is 0 Å². The van der Waals surface area contributed by atoms with Crippen LogP contribution in [0.4, 0.5) is 22.7 Å². The van der Waals surface area contributed by atoms with E-state index in [0.717, 1.165) is 22.7 Å². The first-order chi connectivity index (χ1) is 14.9. The molecule has 0 bridgehead atoms. The van der Waals surface area contributed by atoms with E-state index in [1.807, 2.05) is 131 Å². The number of rotatable bonds is 7. The predicted octanol–water partition coefficient (Wildman–Crippen LogP) is 6.63. The van der Waals surface area contributed by atoms with Crippen LogP contribution in [0.5, 0.6) is 0 Å². The third kappa shape index (κ3) is 4.80. The maximum absolute atomic E-state index is 4.66. The molecule has 0 spiro atoms. The number of hydrazone groups is 2. The number of nitrogens with zero attached hydrogens (tertiary/aromatic N) is 4. The van der Waals surface area contributed by atoms with Gasteiger partial charge < -0.3 is 0 Å². The molecule has 0 N–H and O–H groups in total. The Kier molecular flexibility index (Phi) is 6.28. The molecular formula is C26H22N4. The number of benzene rings is 4. The van der Waals surface area contributed by atoms with Gasteiger partial charge >= 0.3 is 0 Å². The Hall–Kier alpha value is -4.18. The van der Waals surface area contributed by atoms with E-state index in [4.69, 9.17) is 0 Å². The van der Waals surface area contributed by atoms with Gasteiger partial charge in [0.2, 0.25) is 0 Å². The summed E-state index contributed by atoms with van der Waals surface area (Å²) in [7, 11) is 0. The van der Waals surface area contributed by atoms with Crippen molar-refractivity contribution in [2.24, 2.45) is 10.2 Å². The van der Waals surface area contributed by atoms with Crippen LogP contribution in [0.15, 0.2) is 132 Å². The minimum atomic E-state index is 0.983. The topological polar surface area (TPSA) is 31.2 Å². The van der Waals surface area contributed by atoms with Crippen molar-refractivity contribution < 1.29 is 0 Å². The molecule has 0 fully saturated rings. The highest BCUT2D eigenvalue weighted by atomic mass is 15.5. The zero-order valence-electron chi connectivity index (χ0n) is 16.5. The molecule has 0 unspecified atom stereocenters. The van der Waals surface area contributed by atoms with Crippen LogP contribution in [0.1, 0.15) is 0 Å². The fraction of sp³-hybridized carbons (Fsp3) is 0. The molecule has 0 heterocycles. The molecule has 4 aromatic carbocycles. The second kappa shape index (κ2) is 9.85. The molecule has 4 aromatic rings. The van der Waals surface area contributed by atoms with Crippen molar-refractivity contribution in [3.8, 4) is 0 Å². The second-order valence-electron chi connectivity index (χ2n) is 6.49. The van der Waals surface area contributed by atoms with Crippen LogP contribution in [0.2, 0.25) is 0 Å². The number of anilines is 4. The number of hydrogen-bond acceptors (Lipinski definition) is 4. The summed E-state index contributed by atoms with van der Waals surface area (Å²) < 4.78 is 0. The smallest absolute Gasteiger partial charge is 0.0680 e. The Labute approximate surface area is 177 Å². The van der Waals surface area contributed by atoms with Gasteiger partial charge in [-0.25, -0.2) is 10.0 Å². The van der Waals surface area contributed by atoms with Crippen LogP contribution in [0, 0.1) is 0 Å². The van der Waals surface area contributed by atoms with Crippen LogP contribution < -0.4 is 10.0 Å². The highest BCUT2D eigenvalue weighted by Crippen LogP contribution is 2.26. The highest BCUT2D eigenvalue weighted by molar-refractivity contribution is 6.16. The van der Waals surface area contributed by atoms with Gasteiger partial charge in [-0.2, -0.15) is 10.2 Å². The molecule has 0 aliphatic heterocycles. The van der Waals surface area contributed by atoms with E-state index in [2.05, 4.69) is 10.2 Å². The third-order valence-electron chi connectivity index (χ3n) is 4.43. The van der Waals surface area contributed by atoms with Crippen LogP contribution >= 0.6 is 0 Å². The van der Waals surface area contributed by atoms with E-state index >= 15 is 0 Å². The van der Waals surface area contributed by atoms with Gasteiger partial charge in [-0.3, -0.25) is 0 Å². The summed E-state index contributed by atoms with van der Waals surface area (Å²) in [5, 5.41) is 13.1. The lowest BCUT2D eigenvalue weighted by molar-refractivity contribution is 1.09. The van der Waals surface area contributed by atoms with Crippen molar-refractivity contribution in [2.75, 3.05) is 10.0 Å². The normalized spacial score (nSPS) is 11.1. The Morgan fingerprint density at radius 1 is 0.367 bits per heavy atom. The van der Waals surface area contributed by atoms with Crippen LogP contribution in [-0.2, 0) is 0 Å². The van der Waals surface area contributed by atoms with Gasteiger partial charge in [0, 0.05) is 0 Å². The molecule has 30 heavy (non-hydrogen) atoms. The molecule has 0 aromatic heterocycles. The van der Waals surface area contributed by atoms with Gasteiger partial charge in [0.15, 0.2) is 0 Å². The van der Waals surface area contributed by atoms with E-state index in [-0.39, 0.29) is 0 Å². The molecule has 4 rings (SSSR count). The van der Waals surface area contributed by atoms with Crippen LogP contribution in [0.3, 0.4) is 0 Å². The van der Waals surface area contributed by atoms with Gasteiger partial charge in [0.25, 0.3) is 0 Å². The van der Waals surface area contributed by atoms with E-state index in [0.29, 0.717) is 0 Å². The Bertz CT molecular complexity index is 909. The molecule has 0 amide bonds. The molecule has 0 aliphatic rings. The zero-order valence-corrected chi connectivity index (χ0v) is 16.5. The first-order valence-electron chi connectivity index (χ1n) is 9.79. The standard InChI is InChI=1S/C26H22N4/c1-5-13-23(14-6-1)29(24-15-7-2-8-16-24)27-21-22-28-30(25-17-9-3-10-18-25)26-19-11-4-12-20-26/h1-22H. The largest absolute Gasteiger partial charge is 0.234 e. The van der Waals surface area contributed by atoms with Gasteiger partial charge in [-0.1, -0.05) is 72.8 Å². The molecule has 0 aliphatic carbocycles. The van der Waals surface area contributed by atoms with Crippen molar-refractivity contribution in [3.05, 3.63) is 121 Å². The molecule has 4 nitrogen and oxygen atoms in total. The lowest BCUT2D eigenvalue weighted by Crippen LogP contribution is -2.11. The van der Waals surface area contributed by atoms with E-state index in [9.17, 15) is 0 Å². The highest BCUT2D eigenvalue weighted by Gasteiger charge is 2.07. The van der Waals surface area contributed by atoms with E-state index in [1.165, 1.54) is 0 Å². The van der Waals surface area contributed by atoms with Crippen LogP contribution in [-0.4, -0.2) is 12.4 Å². The van der Waals surface area contributed by atoms with Crippen molar-refractivity contribution in [3.63, 3.8) is 0 Å². The van der Waals surface area contributed by atoms with E-state index < -0.39 is 0 Å². The van der Waals surface area contributed by atoms with Crippen molar-refractivity contribution in [1.29, 1.82) is 0 Å². The van der Waals surface area contributed by atoms with Crippen molar-refractivity contribution >= 4 is 35.2 Å². The summed E-state index contributed by atoms with van der Waals surface area (Å²) in [4.78, 5) is 0. The van der Waals surface area contributed by atoms with Gasteiger partial charge in [0.05, 0.1) is 35.2 Å². The summed E-state index contributed by atoms with van der Waals surface area (Å²) >= 11 is 0. The monoisotopic (exact) mass is 390 g/mol. The van der Waals surface area contributed by atoms with Gasteiger partial charge in [-0.05, 0) is 48.5 Å². The zero-order chi connectivity index (χ0) is 20.4. The fourth-order valence-electron chi connectivity index (χ4n) is 3.03. The molecule has 146 valence electrons. The fourth-order valence-corrected chi connectivity index (χ4v) is 3.03.